The van der Waals surface area contributed by atoms with Gasteiger partial charge in [-0.05, 0) is 25.1 Å². The molecule has 0 saturated heterocycles. The van der Waals surface area contributed by atoms with E-state index in [9.17, 15) is 13.2 Å². The number of nitrogens with zero attached hydrogens (tertiary/aromatic N) is 2. The van der Waals surface area contributed by atoms with Crippen LogP contribution in [0.3, 0.4) is 0 Å². The van der Waals surface area contributed by atoms with Gasteiger partial charge >= 0.3 is 6.18 Å². The van der Waals surface area contributed by atoms with Crippen molar-refractivity contribution in [2.24, 2.45) is 5.84 Å². The first-order valence-corrected chi connectivity index (χ1v) is 6.53. The number of alkyl halides is 3. The topological polar surface area (TPSA) is 51.4 Å². The lowest BCUT2D eigenvalue weighted by Crippen LogP contribution is -2.27. The molecule has 1 aromatic heterocycles. The van der Waals surface area contributed by atoms with Crippen LogP contribution in [0.15, 0.2) is 36.4 Å². The van der Waals surface area contributed by atoms with E-state index in [1.54, 1.807) is 25.1 Å². The van der Waals surface area contributed by atoms with Crippen LogP contribution in [-0.4, -0.2) is 12.0 Å². The van der Waals surface area contributed by atoms with Gasteiger partial charge in [0.05, 0.1) is 11.3 Å². The number of hydrogen-bond donors (Lipinski definition) is 1. The Labute approximate surface area is 126 Å². The Bertz CT molecular complexity index is 657. The van der Waals surface area contributed by atoms with Crippen LogP contribution >= 0.6 is 0 Å². The van der Waals surface area contributed by atoms with E-state index in [1.165, 1.54) is 19.2 Å². The molecule has 118 valence electrons. The molecule has 0 saturated carbocycles. The highest BCUT2D eigenvalue weighted by molar-refractivity contribution is 5.56. The van der Waals surface area contributed by atoms with E-state index < -0.39 is 11.7 Å². The summed E-state index contributed by atoms with van der Waals surface area (Å²) in [5.74, 6) is 5.88. The van der Waals surface area contributed by atoms with E-state index in [0.717, 1.165) is 16.8 Å². The number of aryl methyl sites for hydroxylation is 1. The number of nitrogens with two attached hydrogens (primary N) is 1. The minimum atomic E-state index is -4.48. The molecular formula is C15H16F3N3O. The predicted molar refractivity (Wildman–Crippen MR) is 77.3 cm³/mol. The summed E-state index contributed by atoms with van der Waals surface area (Å²) < 4.78 is 44.9. The Hall–Kier alpha value is -2.28. The molecule has 2 aromatic rings. The largest absolute Gasteiger partial charge is 0.473 e. The molecule has 0 amide bonds. The quantitative estimate of drug-likeness (QED) is 0.695. The van der Waals surface area contributed by atoms with Crippen molar-refractivity contribution in [2.75, 3.05) is 12.1 Å². The van der Waals surface area contributed by atoms with Gasteiger partial charge in [-0.25, -0.2) is 10.8 Å². The lowest BCUT2D eigenvalue weighted by Gasteiger charge is -2.21. The fourth-order valence-electron chi connectivity index (χ4n) is 2.07. The van der Waals surface area contributed by atoms with Gasteiger partial charge < -0.3 is 9.75 Å². The molecule has 0 radical (unpaired) electrons. The Morgan fingerprint density at radius 1 is 1.18 bits per heavy atom. The van der Waals surface area contributed by atoms with Crippen molar-refractivity contribution in [1.82, 2.24) is 4.98 Å². The zero-order chi connectivity index (χ0) is 16.3. The van der Waals surface area contributed by atoms with E-state index in [0.29, 0.717) is 0 Å². The Morgan fingerprint density at radius 2 is 1.86 bits per heavy atom. The number of hydrazine groups is 1. The number of hydrogen-bond acceptors (Lipinski definition) is 4. The summed E-state index contributed by atoms with van der Waals surface area (Å²) in [6.07, 6.45) is -4.48. The predicted octanol–water partition coefficient (Wildman–Crippen LogP) is 3.30. The third-order valence-electron chi connectivity index (χ3n) is 3.06. The van der Waals surface area contributed by atoms with Crippen LogP contribution in [0.25, 0.3) is 0 Å². The SMILES string of the molecule is Cc1cccc(OCc2c(N(C)N)cccc2C(F)(F)F)n1. The summed E-state index contributed by atoms with van der Waals surface area (Å²) in [4.78, 5) is 4.11. The monoisotopic (exact) mass is 311 g/mol. The van der Waals surface area contributed by atoms with E-state index in [4.69, 9.17) is 10.6 Å². The van der Waals surface area contributed by atoms with E-state index in [-0.39, 0.29) is 23.7 Å². The number of halogens is 3. The first-order chi connectivity index (χ1) is 10.3. The summed E-state index contributed by atoms with van der Waals surface area (Å²) in [6, 6.07) is 8.93. The summed E-state index contributed by atoms with van der Waals surface area (Å²) in [6.45, 7) is 1.50. The Kier molecular flexibility index (Phi) is 4.56. The van der Waals surface area contributed by atoms with Crippen molar-refractivity contribution in [2.45, 2.75) is 19.7 Å². The van der Waals surface area contributed by atoms with Gasteiger partial charge in [-0.3, -0.25) is 0 Å². The number of benzene rings is 1. The zero-order valence-corrected chi connectivity index (χ0v) is 12.2. The highest BCUT2D eigenvalue weighted by atomic mass is 19.4. The molecule has 22 heavy (non-hydrogen) atoms. The van der Waals surface area contributed by atoms with Crippen LogP contribution in [0, 0.1) is 6.92 Å². The average molecular weight is 311 g/mol. The Balaban J connectivity index is 2.35. The number of aromatic nitrogens is 1. The first kappa shape index (κ1) is 16.1. The van der Waals surface area contributed by atoms with Crippen LogP contribution in [0.5, 0.6) is 5.88 Å². The standard InChI is InChI=1S/C15H16F3N3O/c1-10-5-3-8-14(20-10)22-9-11-12(15(16,17)18)6-4-7-13(11)21(2)19/h3-8H,9,19H2,1-2H3. The third kappa shape index (κ3) is 3.67. The molecule has 0 aliphatic heterocycles. The lowest BCUT2D eigenvalue weighted by atomic mass is 10.1. The maximum Gasteiger partial charge on any atom is 0.416 e. The molecule has 4 nitrogen and oxygen atoms in total. The van der Waals surface area contributed by atoms with Crippen LogP contribution < -0.4 is 15.6 Å². The van der Waals surface area contributed by atoms with Gasteiger partial charge in [0.1, 0.15) is 6.61 Å². The second kappa shape index (κ2) is 6.23. The van der Waals surface area contributed by atoms with Gasteiger partial charge in [0.2, 0.25) is 5.88 Å². The summed E-state index contributed by atoms with van der Waals surface area (Å²) >= 11 is 0. The van der Waals surface area contributed by atoms with Gasteiger partial charge in [0.25, 0.3) is 0 Å². The molecule has 0 unspecified atom stereocenters. The van der Waals surface area contributed by atoms with Crippen molar-refractivity contribution in [3.8, 4) is 5.88 Å². The Morgan fingerprint density at radius 3 is 2.45 bits per heavy atom. The van der Waals surface area contributed by atoms with Gasteiger partial charge in [-0.1, -0.05) is 12.1 Å². The second-order valence-corrected chi connectivity index (χ2v) is 4.82. The molecule has 0 fully saturated rings. The molecule has 7 heteroatoms. The van der Waals surface area contributed by atoms with Crippen LogP contribution in [0.2, 0.25) is 0 Å². The van der Waals surface area contributed by atoms with Gasteiger partial charge in [0, 0.05) is 24.4 Å². The minimum absolute atomic E-state index is 0.0247. The van der Waals surface area contributed by atoms with E-state index in [1.807, 2.05) is 0 Å². The third-order valence-corrected chi connectivity index (χ3v) is 3.06. The highest BCUT2D eigenvalue weighted by Gasteiger charge is 2.34. The molecule has 0 spiro atoms. The maximum atomic E-state index is 13.2. The fourth-order valence-corrected chi connectivity index (χ4v) is 2.07. The number of ether oxygens (including phenoxy) is 1. The van der Waals surface area contributed by atoms with Gasteiger partial charge in [-0.15, -0.1) is 0 Å². The summed E-state index contributed by atoms with van der Waals surface area (Å²) in [5.41, 5.74) is 0.179. The molecule has 0 aliphatic carbocycles. The van der Waals surface area contributed by atoms with E-state index in [2.05, 4.69) is 4.98 Å². The fraction of sp³-hybridized carbons (Fsp3) is 0.267. The number of rotatable bonds is 4. The molecule has 0 atom stereocenters. The van der Waals surface area contributed by atoms with Crippen molar-refractivity contribution in [1.29, 1.82) is 0 Å². The smallest absolute Gasteiger partial charge is 0.416 e. The number of pyridine rings is 1. The lowest BCUT2D eigenvalue weighted by molar-refractivity contribution is -0.138. The highest BCUT2D eigenvalue weighted by Crippen LogP contribution is 2.36. The second-order valence-electron chi connectivity index (χ2n) is 4.82. The summed E-state index contributed by atoms with van der Waals surface area (Å²) in [5, 5.41) is 1.14. The minimum Gasteiger partial charge on any atom is -0.473 e. The van der Waals surface area contributed by atoms with Crippen molar-refractivity contribution < 1.29 is 17.9 Å². The molecule has 1 aromatic carbocycles. The first-order valence-electron chi connectivity index (χ1n) is 6.53. The summed E-state index contributed by atoms with van der Waals surface area (Å²) in [7, 11) is 1.48. The maximum absolute atomic E-state index is 13.2. The van der Waals surface area contributed by atoms with E-state index >= 15 is 0 Å². The molecule has 2 rings (SSSR count). The molecule has 2 N–H and O–H groups in total. The van der Waals surface area contributed by atoms with Crippen molar-refractivity contribution >= 4 is 5.69 Å². The molecule has 0 aliphatic rings. The number of anilines is 1. The average Bonchev–Trinajstić information content (AvgIpc) is 2.43. The van der Waals surface area contributed by atoms with Gasteiger partial charge in [0.15, 0.2) is 0 Å². The van der Waals surface area contributed by atoms with Gasteiger partial charge in [-0.2, -0.15) is 13.2 Å². The van der Waals surface area contributed by atoms with Crippen molar-refractivity contribution in [3.05, 3.63) is 53.2 Å². The van der Waals surface area contributed by atoms with Crippen LogP contribution in [-0.2, 0) is 12.8 Å². The molecule has 1 heterocycles. The van der Waals surface area contributed by atoms with Crippen LogP contribution in [0.4, 0.5) is 18.9 Å². The molecule has 0 bridgehead atoms. The zero-order valence-electron chi connectivity index (χ0n) is 12.2. The van der Waals surface area contributed by atoms with Crippen molar-refractivity contribution in [3.63, 3.8) is 0 Å². The van der Waals surface area contributed by atoms with Crippen LogP contribution in [0.1, 0.15) is 16.8 Å². The molecular weight excluding hydrogens is 295 g/mol. The normalized spacial score (nSPS) is 11.4.